The summed E-state index contributed by atoms with van der Waals surface area (Å²) in [5.41, 5.74) is 1.46. The van der Waals surface area contributed by atoms with Gasteiger partial charge >= 0.3 is 0 Å². The van der Waals surface area contributed by atoms with Crippen LogP contribution in [0.1, 0.15) is 70.4 Å². The minimum absolute atomic E-state index is 0.648. The fourth-order valence-corrected chi connectivity index (χ4v) is 3.29. The average Bonchev–Trinajstić information content (AvgIpc) is 2.74. The quantitative estimate of drug-likeness (QED) is 0.793. The summed E-state index contributed by atoms with van der Waals surface area (Å²) in [6.07, 6.45) is 11.1. The zero-order valence-corrected chi connectivity index (χ0v) is 12.6. The van der Waals surface area contributed by atoms with Gasteiger partial charge in [0.25, 0.3) is 0 Å². The molecule has 1 aromatic heterocycles. The van der Waals surface area contributed by atoms with Gasteiger partial charge in [0, 0.05) is 30.4 Å². The van der Waals surface area contributed by atoms with Crippen LogP contribution in [0.25, 0.3) is 0 Å². The normalized spacial score (nSPS) is 24.3. The van der Waals surface area contributed by atoms with E-state index in [1.54, 1.807) is 0 Å². The van der Waals surface area contributed by atoms with Crippen molar-refractivity contribution in [1.29, 1.82) is 0 Å². The van der Waals surface area contributed by atoms with Crippen molar-refractivity contribution in [2.75, 3.05) is 6.54 Å². The van der Waals surface area contributed by atoms with E-state index in [0.717, 1.165) is 19.5 Å². The van der Waals surface area contributed by atoms with E-state index in [4.69, 9.17) is 0 Å². The van der Waals surface area contributed by atoms with Gasteiger partial charge in [-0.1, -0.05) is 33.1 Å². The SMILES string of the molecule is CCCNC1CCCCCC1c1ccnn1CCC. The first-order valence-corrected chi connectivity index (χ1v) is 8.11. The molecule has 1 aliphatic rings. The van der Waals surface area contributed by atoms with Crippen LogP contribution in [0.5, 0.6) is 0 Å². The van der Waals surface area contributed by atoms with E-state index < -0.39 is 0 Å². The summed E-state index contributed by atoms with van der Waals surface area (Å²) in [5, 5.41) is 8.29. The van der Waals surface area contributed by atoms with Gasteiger partial charge in [-0.3, -0.25) is 4.68 Å². The van der Waals surface area contributed by atoms with E-state index in [9.17, 15) is 0 Å². The Hall–Kier alpha value is -0.830. The third kappa shape index (κ3) is 3.82. The van der Waals surface area contributed by atoms with Gasteiger partial charge in [0.05, 0.1) is 0 Å². The van der Waals surface area contributed by atoms with Crippen molar-refractivity contribution in [3.8, 4) is 0 Å². The van der Waals surface area contributed by atoms with Gasteiger partial charge in [-0.05, 0) is 38.3 Å². The van der Waals surface area contributed by atoms with Gasteiger partial charge in [-0.2, -0.15) is 5.10 Å². The zero-order valence-electron chi connectivity index (χ0n) is 12.6. The highest BCUT2D eigenvalue weighted by Crippen LogP contribution is 2.32. The minimum Gasteiger partial charge on any atom is -0.313 e. The van der Waals surface area contributed by atoms with Gasteiger partial charge in [0.2, 0.25) is 0 Å². The number of aromatic nitrogens is 2. The maximum absolute atomic E-state index is 4.52. The molecule has 1 heterocycles. The topological polar surface area (TPSA) is 29.9 Å². The molecule has 2 unspecified atom stereocenters. The molecule has 3 heteroatoms. The van der Waals surface area contributed by atoms with Crippen molar-refractivity contribution in [1.82, 2.24) is 15.1 Å². The lowest BCUT2D eigenvalue weighted by Crippen LogP contribution is -2.35. The van der Waals surface area contributed by atoms with Gasteiger partial charge in [-0.25, -0.2) is 0 Å². The second-order valence-corrected chi connectivity index (χ2v) is 5.78. The van der Waals surface area contributed by atoms with Crippen LogP contribution in [0.4, 0.5) is 0 Å². The fraction of sp³-hybridized carbons (Fsp3) is 0.812. The molecule has 0 bridgehead atoms. The summed E-state index contributed by atoms with van der Waals surface area (Å²) >= 11 is 0. The Morgan fingerprint density at radius 2 is 2.05 bits per heavy atom. The van der Waals surface area contributed by atoms with Crippen molar-refractivity contribution >= 4 is 0 Å². The number of hydrogen-bond donors (Lipinski definition) is 1. The highest BCUT2D eigenvalue weighted by atomic mass is 15.3. The molecule has 1 aromatic rings. The molecule has 0 radical (unpaired) electrons. The highest BCUT2D eigenvalue weighted by Gasteiger charge is 2.26. The molecule has 108 valence electrons. The maximum Gasteiger partial charge on any atom is 0.0492 e. The van der Waals surface area contributed by atoms with E-state index in [0.29, 0.717) is 12.0 Å². The summed E-state index contributed by atoms with van der Waals surface area (Å²) < 4.78 is 2.23. The summed E-state index contributed by atoms with van der Waals surface area (Å²) in [7, 11) is 0. The molecule has 0 amide bonds. The largest absolute Gasteiger partial charge is 0.313 e. The first-order chi connectivity index (χ1) is 9.36. The fourth-order valence-electron chi connectivity index (χ4n) is 3.29. The lowest BCUT2D eigenvalue weighted by Gasteiger charge is -2.27. The third-order valence-electron chi connectivity index (χ3n) is 4.24. The summed E-state index contributed by atoms with van der Waals surface area (Å²) in [5.74, 6) is 0.656. The molecule has 0 aromatic carbocycles. The van der Waals surface area contributed by atoms with Crippen LogP contribution in [0.3, 0.4) is 0 Å². The number of nitrogens with zero attached hydrogens (tertiary/aromatic N) is 2. The summed E-state index contributed by atoms with van der Waals surface area (Å²) in [6.45, 7) is 6.67. The Kier molecular flexibility index (Phi) is 5.90. The number of nitrogens with one attached hydrogen (secondary N) is 1. The zero-order chi connectivity index (χ0) is 13.5. The molecule has 2 rings (SSSR count). The van der Waals surface area contributed by atoms with Crippen molar-refractivity contribution in [3.63, 3.8) is 0 Å². The molecule has 0 spiro atoms. The van der Waals surface area contributed by atoms with Crippen molar-refractivity contribution in [2.45, 2.75) is 77.3 Å². The Balaban J connectivity index is 2.13. The van der Waals surface area contributed by atoms with Crippen LogP contribution in [0.15, 0.2) is 12.3 Å². The number of aryl methyl sites for hydroxylation is 1. The van der Waals surface area contributed by atoms with Crippen LogP contribution >= 0.6 is 0 Å². The van der Waals surface area contributed by atoms with Gasteiger partial charge < -0.3 is 5.32 Å². The van der Waals surface area contributed by atoms with Crippen molar-refractivity contribution in [3.05, 3.63) is 18.0 Å². The Labute approximate surface area is 117 Å². The standard InChI is InChI=1S/C16H29N3/c1-3-11-17-15-9-7-5-6-8-14(15)16-10-12-18-19(16)13-4-2/h10,12,14-15,17H,3-9,11,13H2,1-2H3. The van der Waals surface area contributed by atoms with E-state index >= 15 is 0 Å². The van der Waals surface area contributed by atoms with Crippen molar-refractivity contribution < 1.29 is 0 Å². The molecule has 1 fully saturated rings. The maximum atomic E-state index is 4.52. The Bertz CT molecular complexity index is 359. The first-order valence-electron chi connectivity index (χ1n) is 8.11. The highest BCUT2D eigenvalue weighted by molar-refractivity contribution is 5.12. The predicted octanol–water partition coefficient (Wildman–Crippen LogP) is 3.71. The lowest BCUT2D eigenvalue weighted by molar-refractivity contribution is 0.388. The number of hydrogen-bond acceptors (Lipinski definition) is 2. The molecular formula is C16H29N3. The van der Waals surface area contributed by atoms with Crippen LogP contribution in [0, 0.1) is 0 Å². The van der Waals surface area contributed by atoms with Crippen LogP contribution in [0.2, 0.25) is 0 Å². The molecule has 2 atom stereocenters. The van der Waals surface area contributed by atoms with Crippen molar-refractivity contribution in [2.24, 2.45) is 0 Å². The Morgan fingerprint density at radius 1 is 1.21 bits per heavy atom. The molecule has 0 aliphatic heterocycles. The molecule has 3 nitrogen and oxygen atoms in total. The average molecular weight is 263 g/mol. The lowest BCUT2D eigenvalue weighted by atomic mass is 9.91. The minimum atomic E-state index is 0.648. The van der Waals surface area contributed by atoms with Gasteiger partial charge in [0.1, 0.15) is 0 Å². The van der Waals surface area contributed by atoms with Crippen LogP contribution < -0.4 is 5.32 Å². The van der Waals surface area contributed by atoms with Crippen LogP contribution in [-0.2, 0) is 6.54 Å². The smallest absolute Gasteiger partial charge is 0.0492 e. The third-order valence-corrected chi connectivity index (χ3v) is 4.24. The Morgan fingerprint density at radius 3 is 2.84 bits per heavy atom. The summed E-state index contributed by atoms with van der Waals surface area (Å²) in [6, 6.07) is 2.89. The molecule has 0 saturated heterocycles. The molecule has 1 saturated carbocycles. The van der Waals surface area contributed by atoms with E-state index in [1.807, 2.05) is 6.20 Å². The second-order valence-electron chi connectivity index (χ2n) is 5.78. The molecular weight excluding hydrogens is 234 g/mol. The van der Waals surface area contributed by atoms with E-state index in [1.165, 1.54) is 44.2 Å². The van der Waals surface area contributed by atoms with Gasteiger partial charge in [0.15, 0.2) is 0 Å². The predicted molar refractivity (Wildman–Crippen MR) is 80.4 cm³/mol. The van der Waals surface area contributed by atoms with Gasteiger partial charge in [-0.15, -0.1) is 0 Å². The first kappa shape index (κ1) is 14.6. The van der Waals surface area contributed by atoms with E-state index in [2.05, 4.69) is 35.0 Å². The summed E-state index contributed by atoms with van der Waals surface area (Å²) in [4.78, 5) is 0. The monoisotopic (exact) mass is 263 g/mol. The van der Waals surface area contributed by atoms with E-state index in [-0.39, 0.29) is 0 Å². The second kappa shape index (κ2) is 7.68. The number of rotatable bonds is 6. The molecule has 1 N–H and O–H groups in total. The van der Waals surface area contributed by atoms with Crippen LogP contribution in [-0.4, -0.2) is 22.4 Å². The molecule has 19 heavy (non-hydrogen) atoms. The molecule has 1 aliphatic carbocycles.